The molecule has 0 aliphatic rings. The summed E-state index contributed by atoms with van der Waals surface area (Å²) in [6.45, 7) is 10.3. The van der Waals surface area contributed by atoms with E-state index in [9.17, 15) is 14.4 Å². The lowest BCUT2D eigenvalue weighted by Crippen LogP contribution is -2.39. The first kappa shape index (κ1) is 21.6. The smallest absolute Gasteiger partial charge is 0.308 e. The third-order valence-corrected chi connectivity index (χ3v) is 3.27. The van der Waals surface area contributed by atoms with Crippen LogP contribution in [0.5, 0.6) is 5.75 Å². The molecule has 144 valence electrons. The number of hydrogen-bond donors (Lipinski definition) is 1. The molecule has 0 bridgehead atoms. The molecule has 1 rings (SSSR count). The van der Waals surface area contributed by atoms with E-state index in [0.717, 1.165) is 0 Å². The van der Waals surface area contributed by atoms with Gasteiger partial charge in [0.05, 0.1) is 0 Å². The molecule has 7 nitrogen and oxygen atoms in total. The van der Waals surface area contributed by atoms with Gasteiger partial charge in [0.2, 0.25) is 0 Å². The number of rotatable bonds is 7. The fourth-order valence-electron chi connectivity index (χ4n) is 2.17. The molecule has 1 atom stereocenters. The predicted octanol–water partition coefficient (Wildman–Crippen LogP) is 2.67. The summed E-state index contributed by atoms with van der Waals surface area (Å²) in [5.41, 5.74) is 1.06. The Morgan fingerprint density at radius 1 is 1.04 bits per heavy atom. The highest BCUT2D eigenvalue weighted by atomic mass is 16.5. The van der Waals surface area contributed by atoms with Gasteiger partial charge >= 0.3 is 17.9 Å². The number of nitrogens with one attached hydrogen (secondary N) is 1. The fraction of sp³-hybridized carbons (Fsp3) is 0.526. The lowest BCUT2D eigenvalue weighted by Gasteiger charge is -2.26. The molecule has 0 aliphatic heterocycles. The van der Waals surface area contributed by atoms with Crippen LogP contribution in [0.2, 0.25) is 0 Å². The van der Waals surface area contributed by atoms with E-state index in [4.69, 9.17) is 14.2 Å². The molecule has 1 unspecified atom stereocenters. The summed E-state index contributed by atoms with van der Waals surface area (Å²) in [7, 11) is 0. The highest BCUT2D eigenvalue weighted by Gasteiger charge is 2.20. The summed E-state index contributed by atoms with van der Waals surface area (Å²) >= 11 is 0. The summed E-state index contributed by atoms with van der Waals surface area (Å²) in [5, 5.41) is 3.29. The summed E-state index contributed by atoms with van der Waals surface area (Å²) in [6, 6.07) is 5.02. The van der Waals surface area contributed by atoms with Crippen LogP contribution in [0.25, 0.3) is 0 Å². The zero-order valence-electron chi connectivity index (χ0n) is 16.2. The quantitative estimate of drug-likeness (QED) is 0.587. The Morgan fingerprint density at radius 2 is 1.69 bits per heavy atom. The van der Waals surface area contributed by atoms with E-state index in [-0.39, 0.29) is 12.1 Å². The third kappa shape index (κ3) is 8.11. The van der Waals surface area contributed by atoms with Gasteiger partial charge in [-0.05, 0) is 38.5 Å². The standard InChI is InChI=1S/C19H27NO6/c1-12(21)24-11-16-9-15(7-8-17(16)25-13(2)22)18(26-14(3)23)10-20-19(4,5)6/h7-9,18,20H,10-11H2,1-6H3. The second-order valence-corrected chi connectivity index (χ2v) is 6.97. The minimum atomic E-state index is -0.533. The van der Waals surface area contributed by atoms with Crippen molar-refractivity contribution in [2.45, 2.75) is 59.8 Å². The van der Waals surface area contributed by atoms with Crippen LogP contribution in [0.3, 0.4) is 0 Å². The molecule has 1 aromatic carbocycles. The van der Waals surface area contributed by atoms with Crippen molar-refractivity contribution in [1.29, 1.82) is 0 Å². The molecule has 0 amide bonds. The third-order valence-electron chi connectivity index (χ3n) is 3.27. The molecule has 1 N–H and O–H groups in total. The van der Waals surface area contributed by atoms with Crippen LogP contribution < -0.4 is 10.1 Å². The van der Waals surface area contributed by atoms with Crippen molar-refractivity contribution in [1.82, 2.24) is 5.32 Å². The monoisotopic (exact) mass is 365 g/mol. The first-order valence-corrected chi connectivity index (χ1v) is 8.35. The zero-order valence-corrected chi connectivity index (χ0v) is 16.2. The van der Waals surface area contributed by atoms with Gasteiger partial charge < -0.3 is 19.5 Å². The van der Waals surface area contributed by atoms with Gasteiger partial charge in [-0.2, -0.15) is 0 Å². The molecule has 0 heterocycles. The van der Waals surface area contributed by atoms with Gasteiger partial charge in [-0.15, -0.1) is 0 Å². The summed E-state index contributed by atoms with van der Waals surface area (Å²) in [5.74, 6) is -1.04. The first-order valence-electron chi connectivity index (χ1n) is 8.35. The number of hydrogen-bond acceptors (Lipinski definition) is 7. The average molecular weight is 365 g/mol. The second-order valence-electron chi connectivity index (χ2n) is 6.97. The topological polar surface area (TPSA) is 90.9 Å². The molecule has 7 heteroatoms. The van der Waals surface area contributed by atoms with Crippen LogP contribution in [0.15, 0.2) is 18.2 Å². The Balaban J connectivity index is 3.15. The lowest BCUT2D eigenvalue weighted by atomic mass is 10.0. The number of carbonyl (C=O) groups is 3. The van der Waals surface area contributed by atoms with Gasteiger partial charge in [0, 0.05) is 38.4 Å². The normalized spacial score (nSPS) is 12.2. The van der Waals surface area contributed by atoms with E-state index < -0.39 is 24.0 Å². The molecule has 0 aromatic heterocycles. The molecule has 1 aromatic rings. The molecular formula is C19H27NO6. The largest absolute Gasteiger partial charge is 0.461 e. The van der Waals surface area contributed by atoms with Crippen molar-refractivity contribution in [2.75, 3.05) is 6.54 Å². The predicted molar refractivity (Wildman–Crippen MR) is 95.5 cm³/mol. The van der Waals surface area contributed by atoms with E-state index in [1.54, 1.807) is 18.2 Å². The van der Waals surface area contributed by atoms with Gasteiger partial charge in [-0.25, -0.2) is 0 Å². The lowest BCUT2D eigenvalue weighted by molar-refractivity contribution is -0.146. The van der Waals surface area contributed by atoms with Crippen molar-refractivity contribution < 1.29 is 28.6 Å². The van der Waals surface area contributed by atoms with Crippen LogP contribution >= 0.6 is 0 Å². The Labute approximate surface area is 154 Å². The Morgan fingerprint density at radius 3 is 2.19 bits per heavy atom. The average Bonchev–Trinajstić information content (AvgIpc) is 2.48. The van der Waals surface area contributed by atoms with Crippen molar-refractivity contribution in [3.8, 4) is 5.75 Å². The SMILES string of the molecule is CC(=O)OCc1cc(C(CNC(C)(C)C)OC(C)=O)ccc1OC(C)=O. The molecule has 0 fully saturated rings. The highest BCUT2D eigenvalue weighted by molar-refractivity contribution is 5.70. The second kappa shape index (κ2) is 9.33. The summed E-state index contributed by atoms with van der Waals surface area (Å²) in [4.78, 5) is 33.9. The Bertz CT molecular complexity index is 662. The van der Waals surface area contributed by atoms with Crippen molar-refractivity contribution in [2.24, 2.45) is 0 Å². The molecule has 0 aliphatic carbocycles. The van der Waals surface area contributed by atoms with Gasteiger partial charge in [-0.1, -0.05) is 6.07 Å². The van der Waals surface area contributed by atoms with Crippen molar-refractivity contribution in [3.63, 3.8) is 0 Å². The molecule has 0 saturated heterocycles. The summed E-state index contributed by atoms with van der Waals surface area (Å²) in [6.07, 6.45) is -0.533. The van der Waals surface area contributed by atoms with E-state index in [1.165, 1.54) is 20.8 Å². The number of benzene rings is 1. The zero-order chi connectivity index (χ0) is 19.9. The maximum atomic E-state index is 11.5. The first-order chi connectivity index (χ1) is 12.0. The van der Waals surface area contributed by atoms with Gasteiger partial charge in [0.25, 0.3) is 0 Å². The van der Waals surface area contributed by atoms with Crippen molar-refractivity contribution in [3.05, 3.63) is 29.3 Å². The van der Waals surface area contributed by atoms with Crippen LogP contribution in [0.1, 0.15) is 58.8 Å². The molecule has 0 saturated carbocycles. The van der Waals surface area contributed by atoms with Crippen LogP contribution in [0, 0.1) is 0 Å². The summed E-state index contributed by atoms with van der Waals surface area (Å²) < 4.78 is 15.6. The molecular weight excluding hydrogens is 338 g/mol. The van der Waals surface area contributed by atoms with Gasteiger partial charge in [0.1, 0.15) is 18.5 Å². The van der Waals surface area contributed by atoms with Crippen molar-refractivity contribution >= 4 is 17.9 Å². The molecule has 0 spiro atoms. The maximum Gasteiger partial charge on any atom is 0.308 e. The Hall–Kier alpha value is -2.41. The van der Waals surface area contributed by atoms with E-state index in [1.807, 2.05) is 20.8 Å². The fourth-order valence-corrected chi connectivity index (χ4v) is 2.17. The van der Waals surface area contributed by atoms with E-state index >= 15 is 0 Å². The highest BCUT2D eigenvalue weighted by Crippen LogP contribution is 2.27. The minimum absolute atomic E-state index is 0.0503. The van der Waals surface area contributed by atoms with Crippen LogP contribution in [0.4, 0.5) is 0 Å². The number of ether oxygens (including phenoxy) is 3. The van der Waals surface area contributed by atoms with Gasteiger partial charge in [-0.3, -0.25) is 14.4 Å². The Kier molecular flexibility index (Phi) is 7.76. The van der Waals surface area contributed by atoms with Crippen LogP contribution in [-0.2, 0) is 30.5 Å². The van der Waals surface area contributed by atoms with E-state index in [0.29, 0.717) is 23.4 Å². The number of esters is 3. The van der Waals surface area contributed by atoms with Crippen LogP contribution in [-0.4, -0.2) is 30.0 Å². The van der Waals surface area contributed by atoms with Gasteiger partial charge in [0.15, 0.2) is 0 Å². The molecule has 0 radical (unpaired) electrons. The molecule has 26 heavy (non-hydrogen) atoms. The minimum Gasteiger partial charge on any atom is -0.461 e. The van der Waals surface area contributed by atoms with E-state index in [2.05, 4.69) is 5.32 Å². The maximum absolute atomic E-state index is 11.5. The number of carbonyl (C=O) groups excluding carboxylic acids is 3.